The number of ketones is 1. The lowest BCUT2D eigenvalue weighted by Gasteiger charge is -2.21. The summed E-state index contributed by atoms with van der Waals surface area (Å²) in [6, 6.07) is 25.5. The van der Waals surface area contributed by atoms with Gasteiger partial charge in [-0.1, -0.05) is 78.9 Å². The third kappa shape index (κ3) is 7.11. The second kappa shape index (κ2) is 12.4. The number of benzene rings is 3. The topological polar surface area (TPSA) is 99.3 Å². The molecule has 190 valence electrons. The van der Waals surface area contributed by atoms with Crippen LogP contribution in [0.4, 0.5) is 0 Å². The number of hydrogen-bond donors (Lipinski definition) is 4. The third-order valence-electron chi connectivity index (χ3n) is 6.50. The Hall–Kier alpha value is -3.84. The van der Waals surface area contributed by atoms with Gasteiger partial charge in [0.1, 0.15) is 11.8 Å². The third-order valence-corrected chi connectivity index (χ3v) is 6.97. The van der Waals surface area contributed by atoms with Crippen LogP contribution >= 0.6 is 12.6 Å². The molecular weight excluding hydrogens is 484 g/mol. The van der Waals surface area contributed by atoms with Crippen molar-refractivity contribution in [2.45, 2.75) is 37.0 Å². The summed E-state index contributed by atoms with van der Waals surface area (Å²) >= 11 is 4.52. The summed E-state index contributed by atoms with van der Waals surface area (Å²) in [5.41, 5.74) is 3.60. The van der Waals surface area contributed by atoms with Gasteiger partial charge in [-0.2, -0.15) is 12.6 Å². The van der Waals surface area contributed by atoms with E-state index in [2.05, 4.69) is 22.9 Å². The van der Waals surface area contributed by atoms with Gasteiger partial charge in [-0.25, -0.2) is 4.79 Å². The molecule has 4 aromatic rings. The quantitative estimate of drug-likeness (QED) is 0.207. The number of carbonyl (C=O) groups excluding carboxylic acids is 2. The van der Waals surface area contributed by atoms with E-state index in [4.69, 9.17) is 0 Å². The van der Waals surface area contributed by atoms with E-state index in [-0.39, 0.29) is 18.6 Å². The zero-order valence-electron chi connectivity index (χ0n) is 20.3. The molecule has 4 rings (SSSR count). The first-order valence-corrected chi connectivity index (χ1v) is 12.8. The lowest BCUT2D eigenvalue weighted by molar-refractivity contribution is -0.142. The zero-order chi connectivity index (χ0) is 26.2. The van der Waals surface area contributed by atoms with Gasteiger partial charge in [0.15, 0.2) is 0 Å². The second-order valence-corrected chi connectivity index (χ2v) is 9.85. The smallest absolute Gasteiger partial charge is 0.326 e. The number of aromatic nitrogens is 1. The summed E-state index contributed by atoms with van der Waals surface area (Å²) in [6.45, 7) is 0. The number of fused-ring (bicyclic) bond motifs is 1. The van der Waals surface area contributed by atoms with E-state index in [0.29, 0.717) is 12.8 Å². The van der Waals surface area contributed by atoms with Crippen LogP contribution in [-0.4, -0.2) is 39.0 Å². The van der Waals surface area contributed by atoms with Crippen molar-refractivity contribution in [2.24, 2.45) is 5.92 Å². The maximum atomic E-state index is 13.4. The molecule has 0 bridgehead atoms. The van der Waals surface area contributed by atoms with Gasteiger partial charge in [0.2, 0.25) is 5.91 Å². The van der Waals surface area contributed by atoms with E-state index in [9.17, 15) is 19.5 Å². The zero-order valence-corrected chi connectivity index (χ0v) is 21.2. The van der Waals surface area contributed by atoms with Crippen molar-refractivity contribution in [1.29, 1.82) is 0 Å². The van der Waals surface area contributed by atoms with Gasteiger partial charge in [0.25, 0.3) is 0 Å². The Balaban J connectivity index is 1.49. The van der Waals surface area contributed by atoms with E-state index in [1.54, 1.807) is 6.20 Å². The Bertz CT molecular complexity index is 1350. The van der Waals surface area contributed by atoms with Crippen LogP contribution in [0.15, 0.2) is 91.1 Å². The SMILES string of the molecule is O=C(CC(Cc1ccccc1)C(=O)N[C@@H](Cc1c[nH]c2ccccc12)C(=O)O)C(S)Cc1ccccc1. The molecular formula is C30H30N2O4S. The standard InChI is InChI=1S/C30H30N2O4S/c33-27(28(37)16-21-11-5-2-6-12-21)18-22(15-20-9-3-1-4-10-20)29(34)32-26(30(35)36)17-23-19-31-25-14-8-7-13-24(23)25/h1-14,19,22,26,28,31,37H,15-18H2,(H,32,34)(H,35,36)/t22?,26-,28?/m0/s1. The maximum Gasteiger partial charge on any atom is 0.326 e. The summed E-state index contributed by atoms with van der Waals surface area (Å²) in [6.07, 6.45) is 2.65. The molecule has 0 aliphatic rings. The molecule has 3 aromatic carbocycles. The fraction of sp³-hybridized carbons (Fsp3) is 0.233. The van der Waals surface area contributed by atoms with Crippen LogP contribution in [0.25, 0.3) is 10.9 Å². The first-order chi connectivity index (χ1) is 17.9. The van der Waals surface area contributed by atoms with Crippen molar-refractivity contribution in [2.75, 3.05) is 0 Å². The van der Waals surface area contributed by atoms with Gasteiger partial charge in [0.05, 0.1) is 5.25 Å². The fourth-order valence-corrected chi connectivity index (χ4v) is 4.81. The summed E-state index contributed by atoms with van der Waals surface area (Å²) in [5, 5.41) is 13.0. The van der Waals surface area contributed by atoms with Gasteiger partial charge in [0, 0.05) is 35.9 Å². The first-order valence-electron chi connectivity index (χ1n) is 12.3. The predicted molar refractivity (Wildman–Crippen MR) is 148 cm³/mol. The van der Waals surface area contributed by atoms with Crippen molar-refractivity contribution >= 4 is 41.2 Å². The molecule has 3 N–H and O–H groups in total. The lowest BCUT2D eigenvalue weighted by atomic mass is 9.91. The molecule has 37 heavy (non-hydrogen) atoms. The molecule has 3 atom stereocenters. The number of carbonyl (C=O) groups is 3. The van der Waals surface area contributed by atoms with Crippen molar-refractivity contribution in [1.82, 2.24) is 10.3 Å². The highest BCUT2D eigenvalue weighted by atomic mass is 32.1. The minimum absolute atomic E-state index is 0.0266. The number of nitrogens with one attached hydrogen (secondary N) is 2. The number of carboxylic acids is 1. The van der Waals surface area contributed by atoms with Gasteiger partial charge in [-0.3, -0.25) is 9.59 Å². The van der Waals surface area contributed by atoms with Crippen LogP contribution in [0.3, 0.4) is 0 Å². The van der Waals surface area contributed by atoms with Crippen LogP contribution in [0.1, 0.15) is 23.1 Å². The van der Waals surface area contributed by atoms with Crippen LogP contribution in [0, 0.1) is 5.92 Å². The first kappa shape index (κ1) is 26.2. The molecule has 0 fully saturated rings. The second-order valence-electron chi connectivity index (χ2n) is 9.23. The molecule has 1 heterocycles. The summed E-state index contributed by atoms with van der Waals surface area (Å²) in [4.78, 5) is 41.8. The maximum absolute atomic E-state index is 13.4. The highest BCUT2D eigenvalue weighted by Gasteiger charge is 2.29. The minimum atomic E-state index is -1.13. The van der Waals surface area contributed by atoms with Crippen LogP contribution in [0.2, 0.25) is 0 Å². The van der Waals surface area contributed by atoms with E-state index in [1.807, 2.05) is 84.9 Å². The molecule has 7 heteroatoms. The molecule has 1 aromatic heterocycles. The van der Waals surface area contributed by atoms with Gasteiger partial charge in [-0.15, -0.1) is 0 Å². The molecule has 0 spiro atoms. The molecule has 1 amide bonds. The molecule has 6 nitrogen and oxygen atoms in total. The largest absolute Gasteiger partial charge is 0.480 e. The Labute approximate surface area is 221 Å². The number of aromatic amines is 1. The summed E-state index contributed by atoms with van der Waals surface area (Å²) in [5.74, 6) is -2.44. The van der Waals surface area contributed by atoms with E-state index < -0.39 is 29.1 Å². The molecule has 0 aliphatic carbocycles. The Morgan fingerprint density at radius 1 is 0.811 bits per heavy atom. The van der Waals surface area contributed by atoms with E-state index >= 15 is 0 Å². The lowest BCUT2D eigenvalue weighted by Crippen LogP contribution is -2.46. The number of thiol groups is 1. The molecule has 0 aliphatic heterocycles. The van der Waals surface area contributed by atoms with Crippen LogP contribution in [-0.2, 0) is 33.6 Å². The van der Waals surface area contributed by atoms with Crippen molar-refractivity contribution in [3.63, 3.8) is 0 Å². The van der Waals surface area contributed by atoms with Crippen molar-refractivity contribution in [3.05, 3.63) is 108 Å². The van der Waals surface area contributed by atoms with E-state index in [0.717, 1.165) is 27.6 Å². The minimum Gasteiger partial charge on any atom is -0.480 e. The number of Topliss-reactive ketones (excluding diaryl/α,β-unsaturated/α-hetero) is 1. The molecule has 0 radical (unpaired) electrons. The van der Waals surface area contributed by atoms with Crippen LogP contribution in [0.5, 0.6) is 0 Å². The summed E-state index contributed by atoms with van der Waals surface area (Å²) in [7, 11) is 0. The Morgan fingerprint density at radius 2 is 1.41 bits per heavy atom. The fourth-order valence-electron chi connectivity index (χ4n) is 4.50. The molecule has 2 unspecified atom stereocenters. The summed E-state index contributed by atoms with van der Waals surface area (Å²) < 4.78 is 0. The number of carboxylic acid groups (broad SMARTS) is 1. The number of H-pyrrole nitrogens is 1. The van der Waals surface area contributed by atoms with Gasteiger partial charge < -0.3 is 15.4 Å². The van der Waals surface area contributed by atoms with Crippen molar-refractivity contribution < 1.29 is 19.5 Å². The van der Waals surface area contributed by atoms with E-state index in [1.165, 1.54) is 0 Å². The molecule has 0 saturated carbocycles. The number of aliphatic carboxylic acids is 1. The van der Waals surface area contributed by atoms with Gasteiger partial charge in [-0.05, 0) is 35.6 Å². The average molecular weight is 515 g/mol. The Morgan fingerprint density at radius 3 is 2.05 bits per heavy atom. The van der Waals surface area contributed by atoms with Crippen LogP contribution < -0.4 is 5.32 Å². The predicted octanol–water partition coefficient (Wildman–Crippen LogP) is 4.64. The number of hydrogen-bond acceptors (Lipinski definition) is 4. The average Bonchev–Trinajstić information content (AvgIpc) is 3.31. The number of para-hydroxylation sites is 1. The van der Waals surface area contributed by atoms with Crippen molar-refractivity contribution in [3.8, 4) is 0 Å². The highest BCUT2D eigenvalue weighted by molar-refractivity contribution is 7.81. The number of amides is 1. The number of rotatable bonds is 12. The Kier molecular flexibility index (Phi) is 8.80. The highest BCUT2D eigenvalue weighted by Crippen LogP contribution is 2.21. The molecule has 0 saturated heterocycles. The van der Waals surface area contributed by atoms with Gasteiger partial charge >= 0.3 is 5.97 Å². The monoisotopic (exact) mass is 514 g/mol. The normalized spacial score (nSPS) is 13.5.